The number of amides is 1. The lowest BCUT2D eigenvalue weighted by Gasteiger charge is -2.53. The van der Waals surface area contributed by atoms with E-state index in [9.17, 15) is 24.6 Å². The van der Waals surface area contributed by atoms with Gasteiger partial charge >= 0.3 is 12.1 Å². The van der Waals surface area contributed by atoms with Crippen LogP contribution in [0.3, 0.4) is 0 Å². The number of thiophene rings is 2. The van der Waals surface area contributed by atoms with Gasteiger partial charge in [0, 0.05) is 42.7 Å². The first-order chi connectivity index (χ1) is 29.9. The van der Waals surface area contributed by atoms with Crippen LogP contribution in [0.5, 0.6) is 11.5 Å². The summed E-state index contributed by atoms with van der Waals surface area (Å²) in [5.41, 5.74) is 0.650. The molecule has 5 aromatic rings. The first-order valence-electron chi connectivity index (χ1n) is 21.2. The van der Waals surface area contributed by atoms with Crippen LogP contribution in [0.1, 0.15) is 73.4 Å². The van der Waals surface area contributed by atoms with Crippen molar-refractivity contribution in [3.05, 3.63) is 108 Å². The number of phenols is 1. The van der Waals surface area contributed by atoms with Crippen molar-refractivity contribution in [1.82, 2.24) is 15.2 Å². The van der Waals surface area contributed by atoms with E-state index < -0.39 is 32.1 Å². The van der Waals surface area contributed by atoms with Crippen molar-refractivity contribution in [2.45, 2.75) is 88.9 Å². The largest absolute Gasteiger partial charge is 0.506 e. The van der Waals surface area contributed by atoms with Gasteiger partial charge in [-0.25, -0.2) is 9.59 Å². The van der Waals surface area contributed by atoms with Gasteiger partial charge in [0.1, 0.15) is 18.1 Å². The quantitative estimate of drug-likeness (QED) is 0.0563. The lowest BCUT2D eigenvalue weighted by Crippen LogP contribution is -2.53. The third-order valence-electron chi connectivity index (χ3n) is 13.0. The number of rotatable bonds is 17. The van der Waals surface area contributed by atoms with Crippen molar-refractivity contribution in [2.75, 3.05) is 45.2 Å². The number of likely N-dealkylation sites (tertiary alicyclic amines) is 1. The third-order valence-corrected chi connectivity index (χ3v) is 19.7. The number of carbonyl (C=O) groups is 2. The van der Waals surface area contributed by atoms with Crippen LogP contribution in [0, 0.1) is 5.41 Å². The Balaban J connectivity index is 0.898. The maximum absolute atomic E-state index is 13.0. The van der Waals surface area contributed by atoms with Crippen LogP contribution in [0.2, 0.25) is 23.2 Å². The SMILES string of the molecule is COc1cc(NC(=O)OCCN2CCC3(CC2)CC(OC(C(=O)O)(c2cccs2)c2cccs2)C3)c(Cl)cc1CNC[C@H](O[Si](C)(C)C(C)(C)C)c1ccc(O)c2[nH]c(=O)ccc12. The molecule has 7 rings (SSSR count). The van der Waals surface area contributed by atoms with Gasteiger partial charge in [-0.15, -0.1) is 22.7 Å². The molecule has 1 spiro atoms. The molecule has 2 fully saturated rings. The van der Waals surface area contributed by atoms with E-state index in [2.05, 4.69) is 54.4 Å². The number of ether oxygens (including phenoxy) is 3. The standard InChI is InChI=1S/C46H57ClN4O9S2Si/c1-44(2,3)63(5,6)60-37(31-11-13-35(52)41-32(31)12-14-40(53)50-41)28-48-27-29-23-33(47)34(24-36(29)57-4)49-43(56)58-20-19-51-17-15-45(16-18-51)25-30(26-45)59-46(42(54)55,38-9-7-21-61-38)39-10-8-22-62-39/h7-14,21-24,30,37,48,52H,15-20,25-28H2,1-6H3,(H,49,56)(H,50,53)(H,54,55)/t37-/m0/s1. The molecule has 0 bridgehead atoms. The molecule has 17 heteroatoms. The van der Waals surface area contributed by atoms with Crippen molar-refractivity contribution in [3.8, 4) is 11.5 Å². The van der Waals surface area contributed by atoms with Crippen LogP contribution < -0.4 is 20.9 Å². The number of halogens is 1. The number of phenolic OH excluding ortho intramolecular Hbond substituents is 1. The molecule has 1 amide bonds. The number of anilines is 1. The van der Waals surface area contributed by atoms with Gasteiger partial charge in [0.25, 0.3) is 0 Å². The minimum Gasteiger partial charge on any atom is -0.506 e. The van der Waals surface area contributed by atoms with Crippen LogP contribution in [0.15, 0.2) is 76.2 Å². The van der Waals surface area contributed by atoms with Gasteiger partial charge in [-0.05, 0) is 109 Å². The van der Waals surface area contributed by atoms with Crippen molar-refractivity contribution in [2.24, 2.45) is 5.41 Å². The van der Waals surface area contributed by atoms with Crippen molar-refractivity contribution in [3.63, 3.8) is 0 Å². The monoisotopic (exact) mass is 936 g/mol. The molecule has 5 N–H and O–H groups in total. The Morgan fingerprint density at radius 1 is 1.03 bits per heavy atom. The van der Waals surface area contributed by atoms with Crippen LogP contribution in [0.4, 0.5) is 10.5 Å². The number of nitrogens with one attached hydrogen (secondary N) is 3. The summed E-state index contributed by atoms with van der Waals surface area (Å²) in [6.45, 7) is 14.2. The molecule has 0 radical (unpaired) electrons. The highest BCUT2D eigenvalue weighted by Gasteiger charge is 2.53. The minimum atomic E-state index is -2.29. The third kappa shape index (κ3) is 10.2. The number of hydrogen-bond acceptors (Lipinski definition) is 12. The van der Waals surface area contributed by atoms with Gasteiger partial charge < -0.3 is 39.2 Å². The molecule has 1 saturated heterocycles. The van der Waals surface area contributed by atoms with Crippen molar-refractivity contribution >= 4 is 71.2 Å². The molecule has 1 aliphatic heterocycles. The highest BCUT2D eigenvalue weighted by atomic mass is 35.5. The number of H-pyrrole nitrogens is 1. The predicted octanol–water partition coefficient (Wildman–Crippen LogP) is 9.71. The van der Waals surface area contributed by atoms with Gasteiger partial charge in [0.15, 0.2) is 8.32 Å². The first-order valence-corrected chi connectivity index (χ1v) is 26.2. The van der Waals surface area contributed by atoms with E-state index >= 15 is 0 Å². The average molecular weight is 938 g/mol. The molecule has 63 heavy (non-hydrogen) atoms. The Bertz CT molecular complexity index is 2410. The van der Waals surface area contributed by atoms with Gasteiger partial charge in [-0.2, -0.15) is 0 Å². The van der Waals surface area contributed by atoms with Gasteiger partial charge in [0.05, 0.1) is 45.3 Å². The molecular weight excluding hydrogens is 880 g/mol. The highest BCUT2D eigenvalue weighted by molar-refractivity contribution is 7.12. The topological polar surface area (TPSA) is 172 Å². The summed E-state index contributed by atoms with van der Waals surface area (Å²) < 4.78 is 24.8. The number of aromatic hydroxyl groups is 1. The van der Waals surface area contributed by atoms with Crippen molar-refractivity contribution < 1.29 is 38.4 Å². The summed E-state index contributed by atoms with van der Waals surface area (Å²) in [7, 11) is -0.731. The molecule has 2 aliphatic rings. The maximum atomic E-state index is 13.0. The van der Waals surface area contributed by atoms with Gasteiger partial charge in [-0.1, -0.05) is 50.6 Å². The van der Waals surface area contributed by atoms with E-state index in [0.717, 1.165) is 49.9 Å². The number of benzene rings is 2. The smallest absolute Gasteiger partial charge is 0.411 e. The number of pyridine rings is 1. The van der Waals surface area contributed by atoms with Crippen LogP contribution in [0.25, 0.3) is 10.9 Å². The summed E-state index contributed by atoms with van der Waals surface area (Å²) in [4.78, 5) is 44.3. The summed E-state index contributed by atoms with van der Waals surface area (Å²) in [6.07, 6.45) is 2.39. The predicted molar refractivity (Wildman–Crippen MR) is 251 cm³/mol. The Morgan fingerprint density at radius 3 is 2.32 bits per heavy atom. The molecule has 1 atom stereocenters. The minimum absolute atomic E-state index is 0.0128. The zero-order valence-electron chi connectivity index (χ0n) is 36.5. The lowest BCUT2D eigenvalue weighted by atomic mass is 9.61. The summed E-state index contributed by atoms with van der Waals surface area (Å²) in [5, 5.41) is 32.0. The van der Waals surface area contributed by atoms with E-state index in [1.807, 2.05) is 41.1 Å². The number of aromatic amines is 1. The van der Waals surface area contributed by atoms with Crippen LogP contribution in [-0.2, 0) is 30.8 Å². The Kier molecular flexibility index (Phi) is 14.1. The van der Waals surface area contributed by atoms with Gasteiger partial charge in [0.2, 0.25) is 11.2 Å². The number of aliphatic carboxylic acids is 1. The fourth-order valence-electron chi connectivity index (χ4n) is 8.41. The zero-order chi connectivity index (χ0) is 45.2. The fourth-order valence-corrected chi connectivity index (χ4v) is 11.7. The number of nitrogens with zero attached hydrogens (tertiary/aromatic N) is 1. The van der Waals surface area contributed by atoms with E-state index in [-0.39, 0.29) is 34.5 Å². The number of methoxy groups -OCH3 is 1. The second kappa shape index (κ2) is 19.1. The molecule has 4 heterocycles. The molecule has 3 aromatic heterocycles. The molecular formula is C46H57ClN4O9S2Si. The number of carboxylic acids is 1. The van der Waals surface area contributed by atoms with Gasteiger partial charge in [-0.3, -0.25) is 15.0 Å². The number of hydrogen-bond donors (Lipinski definition) is 5. The Morgan fingerprint density at radius 2 is 1.71 bits per heavy atom. The van der Waals surface area contributed by atoms with E-state index in [4.69, 9.17) is 30.2 Å². The molecule has 0 unspecified atom stereocenters. The molecule has 338 valence electrons. The maximum Gasteiger partial charge on any atom is 0.411 e. The van der Waals surface area contributed by atoms with Crippen LogP contribution in [-0.4, -0.2) is 86.5 Å². The van der Waals surface area contributed by atoms with E-state index in [1.165, 1.54) is 28.7 Å². The second-order valence-electron chi connectivity index (χ2n) is 18.1. The Hall–Kier alpha value is -4.26. The first kappa shape index (κ1) is 46.7. The van der Waals surface area contributed by atoms with E-state index in [1.54, 1.807) is 31.4 Å². The number of carbonyl (C=O) groups excluding carboxylic acids is 1. The summed E-state index contributed by atoms with van der Waals surface area (Å²) >= 11 is 9.52. The fraction of sp³-hybridized carbons (Fsp3) is 0.457. The molecule has 2 aromatic carbocycles. The van der Waals surface area contributed by atoms with E-state index in [0.29, 0.717) is 56.8 Å². The number of fused-ring (bicyclic) bond motifs is 1. The molecule has 1 aliphatic carbocycles. The highest BCUT2D eigenvalue weighted by Crippen LogP contribution is 2.53. The lowest BCUT2D eigenvalue weighted by molar-refractivity contribution is -0.190. The molecule has 13 nitrogen and oxygen atoms in total. The number of aromatic nitrogens is 1. The van der Waals surface area contributed by atoms with Crippen molar-refractivity contribution in [1.29, 1.82) is 0 Å². The second-order valence-corrected chi connectivity index (χ2v) is 25.2. The molecule has 1 saturated carbocycles. The summed E-state index contributed by atoms with van der Waals surface area (Å²) in [5.74, 6) is -0.481. The number of piperidine rings is 1. The van der Waals surface area contributed by atoms with Crippen LogP contribution >= 0.6 is 34.3 Å². The Labute approximate surface area is 381 Å². The summed E-state index contributed by atoms with van der Waals surface area (Å²) in [6, 6.07) is 17.4. The average Bonchev–Trinajstić information content (AvgIpc) is 3.97. The normalized spacial score (nSPS) is 16.5. The zero-order valence-corrected chi connectivity index (χ0v) is 39.9. The number of carboxylic acid groups (broad SMARTS) is 1.